The normalized spacial score (nSPS) is 20.9. The molecule has 1 heterocycles. The third kappa shape index (κ3) is 2.56. The zero-order valence-electron chi connectivity index (χ0n) is 10.3. The lowest BCUT2D eigenvalue weighted by Crippen LogP contribution is -2.37. The highest BCUT2D eigenvalue weighted by atomic mass is 19.1. The van der Waals surface area contributed by atoms with Crippen molar-refractivity contribution >= 4 is 11.8 Å². The number of imide groups is 1. The molecule has 1 fully saturated rings. The van der Waals surface area contributed by atoms with Crippen molar-refractivity contribution in [2.45, 2.75) is 32.4 Å². The Kier molecular flexibility index (Phi) is 3.43. The summed E-state index contributed by atoms with van der Waals surface area (Å²) in [6.07, 6.45) is 0.136. The van der Waals surface area contributed by atoms with Crippen molar-refractivity contribution in [1.29, 1.82) is 0 Å². The Morgan fingerprint density at radius 1 is 1.44 bits per heavy atom. The molecule has 2 atom stereocenters. The maximum atomic E-state index is 13.4. The number of halogens is 1. The Labute approximate surface area is 105 Å². The van der Waals surface area contributed by atoms with Crippen LogP contribution in [0.2, 0.25) is 0 Å². The highest BCUT2D eigenvalue weighted by molar-refractivity contribution is 6.05. The number of nitrogens with one attached hydrogen (secondary N) is 2. The van der Waals surface area contributed by atoms with Crippen molar-refractivity contribution < 1.29 is 14.0 Å². The second-order valence-corrected chi connectivity index (χ2v) is 4.57. The third-order valence-corrected chi connectivity index (χ3v) is 3.12. The molecule has 0 bridgehead atoms. The van der Waals surface area contributed by atoms with Crippen LogP contribution in [-0.4, -0.2) is 17.9 Å². The van der Waals surface area contributed by atoms with E-state index in [0.717, 1.165) is 5.56 Å². The fraction of sp³-hybridized carbons (Fsp3) is 0.385. The summed E-state index contributed by atoms with van der Waals surface area (Å²) in [7, 11) is 0. The van der Waals surface area contributed by atoms with Crippen LogP contribution >= 0.6 is 0 Å². The molecule has 1 aromatic carbocycles. The maximum absolute atomic E-state index is 13.4. The molecule has 0 saturated carbocycles. The van der Waals surface area contributed by atoms with Crippen LogP contribution in [0.15, 0.2) is 18.2 Å². The molecule has 0 spiro atoms. The molecule has 18 heavy (non-hydrogen) atoms. The van der Waals surface area contributed by atoms with Crippen LogP contribution in [0.3, 0.4) is 0 Å². The van der Waals surface area contributed by atoms with E-state index in [2.05, 4.69) is 10.6 Å². The summed E-state index contributed by atoms with van der Waals surface area (Å²) < 4.78 is 13.4. The monoisotopic (exact) mass is 250 g/mol. The first-order valence-electron chi connectivity index (χ1n) is 5.83. The average Bonchev–Trinajstić information content (AvgIpc) is 2.61. The van der Waals surface area contributed by atoms with E-state index in [1.54, 1.807) is 13.0 Å². The number of rotatable bonds is 3. The van der Waals surface area contributed by atoms with E-state index in [4.69, 9.17) is 0 Å². The quantitative estimate of drug-likeness (QED) is 0.792. The molecule has 0 radical (unpaired) electrons. The van der Waals surface area contributed by atoms with Gasteiger partial charge in [-0.3, -0.25) is 20.2 Å². The van der Waals surface area contributed by atoms with E-state index < -0.39 is 6.04 Å². The molecule has 2 rings (SSSR count). The first-order chi connectivity index (χ1) is 8.47. The Bertz CT molecular complexity index is 502. The van der Waals surface area contributed by atoms with Crippen LogP contribution in [0.4, 0.5) is 4.39 Å². The minimum Gasteiger partial charge on any atom is -0.299 e. The second kappa shape index (κ2) is 4.86. The fourth-order valence-corrected chi connectivity index (χ4v) is 1.96. The molecule has 1 aliphatic heterocycles. The number of carbonyl (C=O) groups excluding carboxylic acids is 2. The van der Waals surface area contributed by atoms with Gasteiger partial charge in [0.15, 0.2) is 0 Å². The van der Waals surface area contributed by atoms with Crippen LogP contribution in [0.25, 0.3) is 0 Å². The number of hydrogen-bond acceptors (Lipinski definition) is 3. The number of carbonyl (C=O) groups is 2. The van der Waals surface area contributed by atoms with Crippen LogP contribution in [0, 0.1) is 12.7 Å². The molecule has 2 unspecified atom stereocenters. The summed E-state index contributed by atoms with van der Waals surface area (Å²) >= 11 is 0. The molecule has 96 valence electrons. The maximum Gasteiger partial charge on any atom is 0.244 e. The summed E-state index contributed by atoms with van der Waals surface area (Å²) in [6.45, 7) is 3.53. The van der Waals surface area contributed by atoms with Crippen molar-refractivity contribution in [1.82, 2.24) is 10.6 Å². The van der Waals surface area contributed by atoms with Crippen molar-refractivity contribution in [3.8, 4) is 0 Å². The molecule has 0 aliphatic carbocycles. The first kappa shape index (κ1) is 12.7. The zero-order chi connectivity index (χ0) is 13.3. The molecule has 4 nitrogen and oxygen atoms in total. The molecule has 2 N–H and O–H groups in total. The van der Waals surface area contributed by atoms with Crippen molar-refractivity contribution in [2.75, 3.05) is 0 Å². The van der Waals surface area contributed by atoms with E-state index in [1.807, 2.05) is 13.0 Å². The second-order valence-electron chi connectivity index (χ2n) is 4.57. The SMILES string of the molecule is Cc1ccc(C(C)NC2CC(=O)NC2=O)cc1F. The molecular weight excluding hydrogens is 235 g/mol. The van der Waals surface area contributed by atoms with E-state index in [0.29, 0.717) is 5.56 Å². The van der Waals surface area contributed by atoms with Crippen molar-refractivity contribution in [3.63, 3.8) is 0 Å². The zero-order valence-corrected chi connectivity index (χ0v) is 10.3. The van der Waals surface area contributed by atoms with Gasteiger partial charge in [0.1, 0.15) is 5.82 Å². The van der Waals surface area contributed by atoms with E-state index >= 15 is 0 Å². The minimum atomic E-state index is -0.531. The van der Waals surface area contributed by atoms with Gasteiger partial charge < -0.3 is 0 Å². The van der Waals surface area contributed by atoms with Gasteiger partial charge in [-0.2, -0.15) is 0 Å². The summed E-state index contributed by atoms with van der Waals surface area (Å²) in [5, 5.41) is 5.25. The Morgan fingerprint density at radius 3 is 2.72 bits per heavy atom. The Hall–Kier alpha value is -1.75. The largest absolute Gasteiger partial charge is 0.299 e. The van der Waals surface area contributed by atoms with Crippen molar-refractivity contribution in [2.24, 2.45) is 0 Å². The van der Waals surface area contributed by atoms with E-state index in [9.17, 15) is 14.0 Å². The Morgan fingerprint density at radius 2 is 2.17 bits per heavy atom. The number of hydrogen-bond donors (Lipinski definition) is 2. The standard InChI is InChI=1S/C13H15FN2O2/c1-7-3-4-9(5-10(7)14)8(2)15-11-6-12(17)16-13(11)18/h3-5,8,11,15H,6H2,1-2H3,(H,16,17,18). The molecule has 2 amide bonds. The highest BCUT2D eigenvalue weighted by Gasteiger charge is 2.31. The number of amides is 2. The van der Waals surface area contributed by atoms with Crippen LogP contribution in [0.5, 0.6) is 0 Å². The molecule has 1 saturated heterocycles. The van der Waals surface area contributed by atoms with Gasteiger partial charge in [-0.05, 0) is 31.0 Å². The lowest BCUT2D eigenvalue weighted by molar-refractivity contribution is -0.125. The van der Waals surface area contributed by atoms with Gasteiger partial charge in [0, 0.05) is 6.04 Å². The molecule has 1 aliphatic rings. The predicted molar refractivity (Wildman–Crippen MR) is 64.2 cm³/mol. The van der Waals surface area contributed by atoms with Crippen molar-refractivity contribution in [3.05, 3.63) is 35.1 Å². The summed E-state index contributed by atoms with van der Waals surface area (Å²) in [6, 6.07) is 4.23. The van der Waals surface area contributed by atoms with Gasteiger partial charge in [0.05, 0.1) is 12.5 Å². The summed E-state index contributed by atoms with van der Waals surface area (Å²) in [5.41, 5.74) is 1.34. The fourth-order valence-electron chi connectivity index (χ4n) is 1.96. The topological polar surface area (TPSA) is 58.2 Å². The van der Waals surface area contributed by atoms with Gasteiger partial charge in [-0.15, -0.1) is 0 Å². The lowest BCUT2D eigenvalue weighted by Gasteiger charge is -2.17. The molecular formula is C13H15FN2O2. The minimum absolute atomic E-state index is 0.136. The smallest absolute Gasteiger partial charge is 0.244 e. The summed E-state index contributed by atoms with van der Waals surface area (Å²) in [5.74, 6) is -0.868. The first-order valence-corrected chi connectivity index (χ1v) is 5.83. The Balaban J connectivity index is 2.07. The van der Waals surface area contributed by atoms with E-state index in [1.165, 1.54) is 6.07 Å². The van der Waals surface area contributed by atoms with Gasteiger partial charge >= 0.3 is 0 Å². The number of aryl methyl sites for hydroxylation is 1. The van der Waals surface area contributed by atoms with Crippen LogP contribution < -0.4 is 10.6 Å². The van der Waals surface area contributed by atoms with Gasteiger partial charge in [-0.25, -0.2) is 4.39 Å². The van der Waals surface area contributed by atoms with Gasteiger partial charge in [0.2, 0.25) is 11.8 Å². The highest BCUT2D eigenvalue weighted by Crippen LogP contribution is 2.18. The van der Waals surface area contributed by atoms with Gasteiger partial charge in [0.25, 0.3) is 0 Å². The third-order valence-electron chi connectivity index (χ3n) is 3.12. The van der Waals surface area contributed by atoms with Gasteiger partial charge in [-0.1, -0.05) is 12.1 Å². The van der Waals surface area contributed by atoms with E-state index in [-0.39, 0.29) is 30.1 Å². The molecule has 0 aromatic heterocycles. The van der Waals surface area contributed by atoms with Crippen LogP contribution in [-0.2, 0) is 9.59 Å². The lowest BCUT2D eigenvalue weighted by atomic mass is 10.0. The predicted octanol–water partition coefficient (Wildman–Crippen LogP) is 1.20. The average molecular weight is 250 g/mol. The molecule has 5 heteroatoms. The van der Waals surface area contributed by atoms with Crippen LogP contribution in [0.1, 0.15) is 30.5 Å². The number of benzene rings is 1. The summed E-state index contributed by atoms with van der Waals surface area (Å²) in [4.78, 5) is 22.5. The molecule has 1 aromatic rings.